The van der Waals surface area contributed by atoms with Crippen molar-refractivity contribution in [2.45, 2.75) is 78.1 Å². The van der Waals surface area contributed by atoms with E-state index in [1.807, 2.05) is 0 Å². The highest BCUT2D eigenvalue weighted by atomic mass is 16.1. The maximum absolute atomic E-state index is 11.5. The van der Waals surface area contributed by atoms with Crippen molar-refractivity contribution < 1.29 is 9.59 Å². The van der Waals surface area contributed by atoms with Crippen molar-refractivity contribution in [1.82, 2.24) is 0 Å². The molecule has 0 bridgehead atoms. The molecule has 0 amide bonds. The minimum absolute atomic E-state index is 0.109. The maximum Gasteiger partial charge on any atom is 0.140 e. The van der Waals surface area contributed by atoms with Gasteiger partial charge in [-0.1, -0.05) is 65.2 Å². The molecule has 2 heteroatoms. The predicted molar refractivity (Wildman–Crippen MR) is 72.1 cm³/mol. The number of carbonyl (C=O) groups excluding carboxylic acids is 2. The highest BCUT2D eigenvalue weighted by Gasteiger charge is 2.13. The van der Waals surface area contributed by atoms with E-state index < -0.39 is 0 Å². The van der Waals surface area contributed by atoms with Crippen LogP contribution in [0.2, 0.25) is 0 Å². The SMILES string of the molecule is CCCCCC(CCCCC)CC(=O)CC=O. The summed E-state index contributed by atoms with van der Waals surface area (Å²) in [4.78, 5) is 21.8. The lowest BCUT2D eigenvalue weighted by Gasteiger charge is -2.15. The van der Waals surface area contributed by atoms with Gasteiger partial charge in [-0.3, -0.25) is 4.79 Å². The Labute approximate surface area is 106 Å². The maximum atomic E-state index is 11.5. The van der Waals surface area contributed by atoms with Gasteiger partial charge in [-0.2, -0.15) is 0 Å². The zero-order chi connectivity index (χ0) is 12.9. The fourth-order valence-corrected chi connectivity index (χ4v) is 2.21. The summed E-state index contributed by atoms with van der Waals surface area (Å²) in [5.74, 6) is 0.638. The van der Waals surface area contributed by atoms with E-state index in [-0.39, 0.29) is 12.2 Å². The lowest BCUT2D eigenvalue weighted by atomic mass is 9.90. The first-order valence-corrected chi connectivity index (χ1v) is 7.19. The average Bonchev–Trinajstić information content (AvgIpc) is 2.29. The molecule has 0 aliphatic carbocycles. The van der Waals surface area contributed by atoms with E-state index in [1.165, 1.54) is 38.5 Å². The lowest BCUT2D eigenvalue weighted by Crippen LogP contribution is -2.09. The molecule has 0 aliphatic rings. The van der Waals surface area contributed by atoms with Crippen molar-refractivity contribution in [1.29, 1.82) is 0 Å². The van der Waals surface area contributed by atoms with Crippen molar-refractivity contribution in [2.24, 2.45) is 5.92 Å². The Balaban J connectivity index is 3.90. The third-order valence-electron chi connectivity index (χ3n) is 3.26. The Morgan fingerprint density at radius 1 is 1.00 bits per heavy atom. The molecule has 100 valence electrons. The second-order valence-electron chi connectivity index (χ2n) is 4.97. The number of ketones is 1. The van der Waals surface area contributed by atoms with Crippen LogP contribution < -0.4 is 0 Å². The van der Waals surface area contributed by atoms with Crippen molar-refractivity contribution >= 4 is 12.1 Å². The molecule has 0 rings (SSSR count). The standard InChI is InChI=1S/C15H28O2/c1-3-5-7-9-14(10-8-6-4-2)13-15(17)11-12-16/h12,14H,3-11,13H2,1-2H3. The summed E-state index contributed by atoms with van der Waals surface area (Å²) >= 11 is 0. The molecule has 0 saturated carbocycles. The molecule has 0 spiro atoms. The minimum Gasteiger partial charge on any atom is -0.303 e. The van der Waals surface area contributed by atoms with E-state index in [4.69, 9.17) is 0 Å². The quantitative estimate of drug-likeness (QED) is 0.289. The summed E-state index contributed by atoms with van der Waals surface area (Å²) in [7, 11) is 0. The summed E-state index contributed by atoms with van der Waals surface area (Å²) in [6, 6.07) is 0. The molecule has 0 fully saturated rings. The number of rotatable bonds is 12. The molecule has 0 saturated heterocycles. The predicted octanol–water partition coefficient (Wildman–Crippen LogP) is 4.31. The van der Waals surface area contributed by atoms with Crippen LogP contribution in [0.1, 0.15) is 78.1 Å². The van der Waals surface area contributed by atoms with E-state index in [9.17, 15) is 9.59 Å². The van der Waals surface area contributed by atoms with Crippen LogP contribution in [0.4, 0.5) is 0 Å². The van der Waals surface area contributed by atoms with Crippen molar-refractivity contribution in [3.8, 4) is 0 Å². The van der Waals surface area contributed by atoms with Gasteiger partial charge in [-0.15, -0.1) is 0 Å². The first-order chi connectivity index (χ1) is 8.24. The summed E-state index contributed by atoms with van der Waals surface area (Å²) in [5.41, 5.74) is 0. The summed E-state index contributed by atoms with van der Waals surface area (Å²) in [5, 5.41) is 0. The van der Waals surface area contributed by atoms with Crippen molar-refractivity contribution in [3.63, 3.8) is 0 Å². The molecule has 0 radical (unpaired) electrons. The summed E-state index contributed by atoms with van der Waals surface area (Å²) in [6.45, 7) is 4.40. The average molecular weight is 240 g/mol. The summed E-state index contributed by atoms with van der Waals surface area (Å²) in [6.07, 6.45) is 11.2. The Kier molecular flexibility index (Phi) is 11.4. The normalized spacial score (nSPS) is 10.8. The van der Waals surface area contributed by atoms with Gasteiger partial charge in [0.2, 0.25) is 0 Å². The minimum atomic E-state index is 0.109. The molecular formula is C15H28O2. The zero-order valence-electron chi connectivity index (χ0n) is 11.5. The lowest BCUT2D eigenvalue weighted by molar-refractivity contribution is -0.123. The Bertz CT molecular complexity index is 189. The van der Waals surface area contributed by atoms with Crippen molar-refractivity contribution in [3.05, 3.63) is 0 Å². The summed E-state index contributed by atoms with van der Waals surface area (Å²) < 4.78 is 0. The van der Waals surface area contributed by atoms with Gasteiger partial charge in [0.05, 0.1) is 6.42 Å². The van der Waals surface area contributed by atoms with Gasteiger partial charge in [0.25, 0.3) is 0 Å². The highest BCUT2D eigenvalue weighted by Crippen LogP contribution is 2.21. The van der Waals surface area contributed by atoms with Crippen LogP contribution in [-0.2, 0) is 9.59 Å². The first kappa shape index (κ1) is 16.3. The number of hydrogen-bond acceptors (Lipinski definition) is 2. The van der Waals surface area contributed by atoms with Gasteiger partial charge in [-0.05, 0) is 5.92 Å². The molecule has 0 N–H and O–H groups in total. The van der Waals surface area contributed by atoms with Gasteiger partial charge in [0.1, 0.15) is 12.1 Å². The van der Waals surface area contributed by atoms with Gasteiger partial charge in [0, 0.05) is 6.42 Å². The van der Waals surface area contributed by atoms with Crippen molar-refractivity contribution in [2.75, 3.05) is 0 Å². The number of aldehydes is 1. The molecule has 0 atom stereocenters. The first-order valence-electron chi connectivity index (χ1n) is 7.19. The van der Waals surface area contributed by atoms with Crippen LogP contribution >= 0.6 is 0 Å². The van der Waals surface area contributed by atoms with Gasteiger partial charge in [-0.25, -0.2) is 0 Å². The topological polar surface area (TPSA) is 34.1 Å². The van der Waals surface area contributed by atoms with Crippen LogP contribution in [0.5, 0.6) is 0 Å². The number of carbonyl (C=O) groups is 2. The number of Topliss-reactive ketones (excluding diaryl/α,β-unsaturated/α-hetero) is 1. The molecule has 0 heterocycles. The molecule has 2 nitrogen and oxygen atoms in total. The Morgan fingerprint density at radius 3 is 1.94 bits per heavy atom. The molecule has 0 aromatic heterocycles. The largest absolute Gasteiger partial charge is 0.303 e. The monoisotopic (exact) mass is 240 g/mol. The zero-order valence-corrected chi connectivity index (χ0v) is 11.5. The number of hydrogen-bond donors (Lipinski definition) is 0. The van der Waals surface area contributed by atoms with Crippen LogP contribution in [0, 0.1) is 5.92 Å². The molecule has 17 heavy (non-hydrogen) atoms. The van der Waals surface area contributed by atoms with E-state index in [0.29, 0.717) is 12.3 Å². The van der Waals surface area contributed by atoms with Crippen LogP contribution in [0.25, 0.3) is 0 Å². The number of unbranched alkanes of at least 4 members (excludes halogenated alkanes) is 4. The Hall–Kier alpha value is -0.660. The second-order valence-corrected chi connectivity index (χ2v) is 4.97. The molecule has 0 aromatic rings. The van der Waals surface area contributed by atoms with Gasteiger partial charge in [0.15, 0.2) is 0 Å². The van der Waals surface area contributed by atoms with E-state index in [0.717, 1.165) is 19.1 Å². The third-order valence-corrected chi connectivity index (χ3v) is 3.26. The van der Waals surface area contributed by atoms with Gasteiger partial charge < -0.3 is 4.79 Å². The Morgan fingerprint density at radius 2 is 1.53 bits per heavy atom. The molecule has 0 aromatic carbocycles. The van der Waals surface area contributed by atoms with E-state index >= 15 is 0 Å². The van der Waals surface area contributed by atoms with Crippen LogP contribution in [-0.4, -0.2) is 12.1 Å². The van der Waals surface area contributed by atoms with Crippen LogP contribution in [0.15, 0.2) is 0 Å². The van der Waals surface area contributed by atoms with E-state index in [1.54, 1.807) is 0 Å². The highest BCUT2D eigenvalue weighted by molar-refractivity contribution is 5.89. The molecular weight excluding hydrogens is 212 g/mol. The second kappa shape index (κ2) is 11.8. The molecule has 0 unspecified atom stereocenters. The smallest absolute Gasteiger partial charge is 0.140 e. The fraction of sp³-hybridized carbons (Fsp3) is 0.867. The third kappa shape index (κ3) is 10.2. The van der Waals surface area contributed by atoms with E-state index in [2.05, 4.69) is 13.8 Å². The molecule has 0 aliphatic heterocycles. The van der Waals surface area contributed by atoms with Crippen LogP contribution in [0.3, 0.4) is 0 Å². The van der Waals surface area contributed by atoms with Gasteiger partial charge >= 0.3 is 0 Å². The fourth-order valence-electron chi connectivity index (χ4n) is 2.21.